The molecule has 0 atom stereocenters. The Morgan fingerprint density at radius 3 is 2.92 bits per heavy atom. The minimum absolute atomic E-state index is 0.0538. The lowest BCUT2D eigenvalue weighted by molar-refractivity contribution is -0.117. The molecule has 1 aliphatic rings. The minimum atomic E-state index is 0.0538. The van der Waals surface area contributed by atoms with Crippen LogP contribution in [-0.4, -0.2) is 10.9 Å². The number of carbonyl (C=O) groups excluding carboxylic acids is 1. The van der Waals surface area contributed by atoms with Gasteiger partial charge in [0.2, 0.25) is 5.91 Å². The summed E-state index contributed by atoms with van der Waals surface area (Å²) in [5, 5.41) is 2.71. The second kappa shape index (κ2) is 3.05. The second-order valence-corrected chi connectivity index (χ2v) is 3.21. The first kappa shape index (κ1) is 8.04. The number of nitrogen functional groups attached to an aromatic ring is 1. The Balaban J connectivity index is 2.04. The highest BCUT2D eigenvalue weighted by Crippen LogP contribution is 2.29. The highest BCUT2D eigenvalue weighted by Gasteiger charge is 2.29. The summed E-state index contributed by atoms with van der Waals surface area (Å²) in [6.45, 7) is 0. The van der Waals surface area contributed by atoms with Gasteiger partial charge in [-0.3, -0.25) is 4.79 Å². The first-order valence-corrected chi connectivity index (χ1v) is 4.29. The van der Waals surface area contributed by atoms with Gasteiger partial charge in [0.15, 0.2) is 0 Å². The third-order valence-electron chi connectivity index (χ3n) is 1.97. The zero-order chi connectivity index (χ0) is 9.26. The van der Waals surface area contributed by atoms with E-state index in [9.17, 15) is 4.79 Å². The maximum atomic E-state index is 11.3. The van der Waals surface area contributed by atoms with Gasteiger partial charge in [-0.15, -0.1) is 0 Å². The summed E-state index contributed by atoms with van der Waals surface area (Å²) in [7, 11) is 0. The number of carbonyl (C=O) groups is 1. The highest BCUT2D eigenvalue weighted by molar-refractivity contribution is 5.93. The molecule has 13 heavy (non-hydrogen) atoms. The van der Waals surface area contributed by atoms with Crippen molar-refractivity contribution in [3.63, 3.8) is 0 Å². The van der Waals surface area contributed by atoms with E-state index in [1.54, 1.807) is 18.2 Å². The number of hydrogen-bond donors (Lipinski definition) is 2. The van der Waals surface area contributed by atoms with Crippen molar-refractivity contribution in [3.8, 4) is 0 Å². The lowest BCUT2D eigenvalue weighted by Crippen LogP contribution is -2.14. The van der Waals surface area contributed by atoms with Crippen LogP contribution in [0, 0.1) is 5.92 Å². The zero-order valence-electron chi connectivity index (χ0n) is 7.16. The summed E-state index contributed by atoms with van der Waals surface area (Å²) in [5.74, 6) is 1.21. The molecule has 1 amide bonds. The van der Waals surface area contributed by atoms with Gasteiger partial charge in [-0.1, -0.05) is 6.07 Å². The summed E-state index contributed by atoms with van der Waals surface area (Å²) in [6.07, 6.45) is 1.99. The zero-order valence-corrected chi connectivity index (χ0v) is 7.16. The summed E-state index contributed by atoms with van der Waals surface area (Å²) in [4.78, 5) is 15.3. The molecule has 0 radical (unpaired) electrons. The fourth-order valence-corrected chi connectivity index (χ4v) is 1.09. The third kappa shape index (κ3) is 1.96. The molecule has 1 aromatic rings. The van der Waals surface area contributed by atoms with Crippen LogP contribution in [0.25, 0.3) is 0 Å². The topological polar surface area (TPSA) is 68.0 Å². The van der Waals surface area contributed by atoms with Crippen LogP contribution in [-0.2, 0) is 4.79 Å². The van der Waals surface area contributed by atoms with Crippen LogP contribution >= 0.6 is 0 Å². The standard InChI is InChI=1S/C9H11N3O/c10-7-2-1-3-8(11-7)12-9(13)6-4-5-6/h1-3,6H,4-5H2,(H3,10,11,12,13). The molecule has 1 fully saturated rings. The molecule has 4 heteroatoms. The Morgan fingerprint density at radius 1 is 1.54 bits per heavy atom. The fourth-order valence-electron chi connectivity index (χ4n) is 1.09. The molecule has 1 aromatic heterocycles. The van der Waals surface area contributed by atoms with Gasteiger partial charge in [-0.05, 0) is 25.0 Å². The molecule has 0 aliphatic heterocycles. The quantitative estimate of drug-likeness (QED) is 0.708. The average molecular weight is 177 g/mol. The first-order valence-electron chi connectivity index (χ1n) is 4.29. The monoisotopic (exact) mass is 177 g/mol. The van der Waals surface area contributed by atoms with Gasteiger partial charge in [0, 0.05) is 5.92 Å². The number of aromatic nitrogens is 1. The molecule has 2 rings (SSSR count). The number of hydrogen-bond acceptors (Lipinski definition) is 3. The molecular weight excluding hydrogens is 166 g/mol. The number of rotatable bonds is 2. The van der Waals surface area contributed by atoms with Crippen molar-refractivity contribution < 1.29 is 4.79 Å². The second-order valence-electron chi connectivity index (χ2n) is 3.21. The van der Waals surface area contributed by atoms with Crippen LogP contribution < -0.4 is 11.1 Å². The number of nitrogens with two attached hydrogens (primary N) is 1. The summed E-state index contributed by atoms with van der Waals surface area (Å²) < 4.78 is 0. The largest absolute Gasteiger partial charge is 0.384 e. The lowest BCUT2D eigenvalue weighted by Gasteiger charge is -2.02. The maximum absolute atomic E-state index is 11.3. The molecule has 1 heterocycles. The van der Waals surface area contributed by atoms with Crippen molar-refractivity contribution in [2.45, 2.75) is 12.8 Å². The Morgan fingerprint density at radius 2 is 2.31 bits per heavy atom. The molecule has 3 N–H and O–H groups in total. The summed E-state index contributed by atoms with van der Waals surface area (Å²) >= 11 is 0. The molecular formula is C9H11N3O. The predicted molar refractivity (Wildman–Crippen MR) is 50.0 cm³/mol. The Labute approximate surface area is 76.2 Å². The van der Waals surface area contributed by atoms with E-state index in [0.717, 1.165) is 12.8 Å². The van der Waals surface area contributed by atoms with Crippen molar-refractivity contribution in [1.82, 2.24) is 4.98 Å². The minimum Gasteiger partial charge on any atom is -0.384 e. The van der Waals surface area contributed by atoms with E-state index in [1.807, 2.05) is 0 Å². The first-order chi connectivity index (χ1) is 6.25. The molecule has 0 bridgehead atoms. The van der Waals surface area contributed by atoms with Crippen LogP contribution in [0.5, 0.6) is 0 Å². The fraction of sp³-hybridized carbons (Fsp3) is 0.333. The molecule has 1 saturated carbocycles. The number of nitrogens with one attached hydrogen (secondary N) is 1. The average Bonchev–Trinajstić information content (AvgIpc) is 2.85. The maximum Gasteiger partial charge on any atom is 0.228 e. The van der Waals surface area contributed by atoms with Crippen molar-refractivity contribution in [1.29, 1.82) is 0 Å². The molecule has 0 unspecified atom stereocenters. The van der Waals surface area contributed by atoms with Crippen LogP contribution in [0.4, 0.5) is 11.6 Å². The Bertz CT molecular complexity index is 333. The van der Waals surface area contributed by atoms with Crippen LogP contribution in [0.3, 0.4) is 0 Å². The van der Waals surface area contributed by atoms with Crippen LogP contribution in [0.1, 0.15) is 12.8 Å². The lowest BCUT2D eigenvalue weighted by atomic mass is 10.4. The normalized spacial score (nSPS) is 15.4. The molecule has 68 valence electrons. The van der Waals surface area contributed by atoms with Crippen LogP contribution in [0.15, 0.2) is 18.2 Å². The van der Waals surface area contributed by atoms with E-state index in [2.05, 4.69) is 10.3 Å². The van der Waals surface area contributed by atoms with E-state index >= 15 is 0 Å². The van der Waals surface area contributed by atoms with E-state index in [1.165, 1.54) is 0 Å². The summed E-state index contributed by atoms with van der Waals surface area (Å²) in [6, 6.07) is 5.19. The van der Waals surface area contributed by atoms with Gasteiger partial charge < -0.3 is 11.1 Å². The van der Waals surface area contributed by atoms with Crippen molar-refractivity contribution >= 4 is 17.5 Å². The number of pyridine rings is 1. The third-order valence-corrected chi connectivity index (χ3v) is 1.97. The van der Waals surface area contributed by atoms with Gasteiger partial charge in [0.25, 0.3) is 0 Å². The van der Waals surface area contributed by atoms with Gasteiger partial charge in [0.1, 0.15) is 11.6 Å². The van der Waals surface area contributed by atoms with Crippen molar-refractivity contribution in [3.05, 3.63) is 18.2 Å². The predicted octanol–water partition coefficient (Wildman–Crippen LogP) is 1.01. The molecule has 4 nitrogen and oxygen atoms in total. The van der Waals surface area contributed by atoms with Gasteiger partial charge in [-0.25, -0.2) is 4.98 Å². The van der Waals surface area contributed by atoms with Gasteiger partial charge in [0.05, 0.1) is 0 Å². The summed E-state index contributed by atoms with van der Waals surface area (Å²) in [5.41, 5.74) is 5.46. The van der Waals surface area contributed by atoms with E-state index in [4.69, 9.17) is 5.73 Å². The molecule has 0 aromatic carbocycles. The number of nitrogens with zero attached hydrogens (tertiary/aromatic N) is 1. The van der Waals surface area contributed by atoms with E-state index in [-0.39, 0.29) is 11.8 Å². The highest BCUT2D eigenvalue weighted by atomic mass is 16.2. The van der Waals surface area contributed by atoms with Gasteiger partial charge in [-0.2, -0.15) is 0 Å². The SMILES string of the molecule is Nc1cccc(NC(=O)C2CC2)n1. The van der Waals surface area contributed by atoms with Crippen molar-refractivity contribution in [2.75, 3.05) is 11.1 Å². The Hall–Kier alpha value is -1.58. The number of anilines is 2. The van der Waals surface area contributed by atoms with Crippen molar-refractivity contribution in [2.24, 2.45) is 5.92 Å². The molecule has 1 aliphatic carbocycles. The van der Waals surface area contributed by atoms with E-state index in [0.29, 0.717) is 11.6 Å². The van der Waals surface area contributed by atoms with E-state index < -0.39 is 0 Å². The molecule has 0 spiro atoms. The number of amides is 1. The Kier molecular flexibility index (Phi) is 1.88. The van der Waals surface area contributed by atoms with Crippen LogP contribution in [0.2, 0.25) is 0 Å². The van der Waals surface area contributed by atoms with Gasteiger partial charge >= 0.3 is 0 Å². The smallest absolute Gasteiger partial charge is 0.228 e. The molecule has 0 saturated heterocycles.